The van der Waals surface area contributed by atoms with Crippen molar-refractivity contribution in [3.8, 4) is 0 Å². The van der Waals surface area contributed by atoms with Gasteiger partial charge >= 0.3 is 0 Å². The van der Waals surface area contributed by atoms with Crippen LogP contribution in [0.1, 0.15) is 28.9 Å². The lowest BCUT2D eigenvalue weighted by molar-refractivity contribution is 0.00875. The number of hydrogen-bond donors (Lipinski definition) is 2. The molecule has 2 atom stereocenters. The topological polar surface area (TPSA) is 53.6 Å². The molecule has 0 aliphatic carbocycles. The molecule has 0 aromatic heterocycles. The first-order valence-electron chi connectivity index (χ1n) is 9.69. The van der Waals surface area contributed by atoms with Gasteiger partial charge in [0.25, 0.3) is 5.91 Å². The normalized spacial score (nSPS) is 17.2. The van der Waals surface area contributed by atoms with E-state index in [2.05, 4.69) is 52.8 Å². The van der Waals surface area contributed by atoms with Crippen molar-refractivity contribution in [1.82, 2.24) is 15.5 Å². The second kappa shape index (κ2) is 10.2. The highest BCUT2D eigenvalue weighted by Crippen LogP contribution is 2.25. The molecule has 1 saturated heterocycles. The molecule has 2 aromatic rings. The van der Waals surface area contributed by atoms with Gasteiger partial charge in [0.1, 0.15) is 0 Å². The van der Waals surface area contributed by atoms with E-state index in [1.807, 2.05) is 30.3 Å². The minimum Gasteiger partial charge on any atom is -0.379 e. The van der Waals surface area contributed by atoms with Crippen molar-refractivity contribution in [1.29, 1.82) is 0 Å². The second-order valence-electron chi connectivity index (χ2n) is 6.87. The van der Waals surface area contributed by atoms with E-state index in [0.717, 1.165) is 32.8 Å². The van der Waals surface area contributed by atoms with Crippen LogP contribution in [-0.2, 0) is 4.74 Å². The molecular weight excluding hydrogens is 338 g/mol. The maximum absolute atomic E-state index is 12.1. The summed E-state index contributed by atoms with van der Waals surface area (Å²) in [5.41, 5.74) is 2.01. The van der Waals surface area contributed by atoms with Crippen LogP contribution < -0.4 is 10.6 Å². The van der Waals surface area contributed by atoms with Crippen LogP contribution in [0, 0.1) is 0 Å². The number of ether oxygens (including phenoxy) is 1. The van der Waals surface area contributed by atoms with Gasteiger partial charge < -0.3 is 15.4 Å². The standard InChI is InChI=1S/C22H29N3O2/c1-18(23-12-13-24-22(26)20-10-6-3-7-11-20)21(19-8-4-2-5-9-19)25-14-16-27-17-15-25/h2-11,18,21,23H,12-17H2,1H3,(H,24,26)/t18-,21+/m1/s1. The van der Waals surface area contributed by atoms with Crippen molar-refractivity contribution in [3.63, 3.8) is 0 Å². The average molecular weight is 367 g/mol. The van der Waals surface area contributed by atoms with Crippen LogP contribution in [-0.4, -0.2) is 56.2 Å². The van der Waals surface area contributed by atoms with Crippen LogP contribution in [0.25, 0.3) is 0 Å². The molecular formula is C22H29N3O2. The minimum absolute atomic E-state index is 0.0298. The van der Waals surface area contributed by atoms with E-state index in [1.54, 1.807) is 0 Å². The summed E-state index contributed by atoms with van der Waals surface area (Å²) < 4.78 is 5.52. The number of nitrogens with zero attached hydrogens (tertiary/aromatic N) is 1. The number of nitrogens with one attached hydrogen (secondary N) is 2. The molecule has 0 saturated carbocycles. The van der Waals surface area contributed by atoms with Crippen molar-refractivity contribution in [3.05, 3.63) is 71.8 Å². The fourth-order valence-electron chi connectivity index (χ4n) is 3.60. The second-order valence-corrected chi connectivity index (χ2v) is 6.87. The number of carbonyl (C=O) groups is 1. The summed E-state index contributed by atoms with van der Waals surface area (Å²) in [4.78, 5) is 14.6. The van der Waals surface area contributed by atoms with E-state index in [9.17, 15) is 4.79 Å². The Hall–Kier alpha value is -2.21. The Labute approximate surface area is 161 Å². The molecule has 27 heavy (non-hydrogen) atoms. The highest BCUT2D eigenvalue weighted by molar-refractivity contribution is 5.94. The van der Waals surface area contributed by atoms with Crippen LogP contribution in [0.5, 0.6) is 0 Å². The molecule has 1 amide bonds. The maximum atomic E-state index is 12.1. The molecule has 3 rings (SSSR count). The summed E-state index contributed by atoms with van der Waals surface area (Å²) in [6.07, 6.45) is 0. The quantitative estimate of drug-likeness (QED) is 0.704. The van der Waals surface area contributed by atoms with Gasteiger partial charge in [0.2, 0.25) is 0 Å². The van der Waals surface area contributed by atoms with E-state index in [4.69, 9.17) is 4.74 Å². The number of carbonyl (C=O) groups excluding carboxylic acids is 1. The molecule has 0 radical (unpaired) electrons. The molecule has 144 valence electrons. The predicted molar refractivity (Wildman–Crippen MR) is 108 cm³/mol. The molecule has 0 spiro atoms. The lowest BCUT2D eigenvalue weighted by Crippen LogP contribution is -2.48. The van der Waals surface area contributed by atoms with Crippen molar-refractivity contribution < 1.29 is 9.53 Å². The molecule has 0 unspecified atom stereocenters. The van der Waals surface area contributed by atoms with Crippen molar-refractivity contribution in [2.24, 2.45) is 0 Å². The molecule has 1 fully saturated rings. The first-order chi connectivity index (χ1) is 13.3. The monoisotopic (exact) mass is 367 g/mol. The zero-order chi connectivity index (χ0) is 18.9. The fourth-order valence-corrected chi connectivity index (χ4v) is 3.60. The lowest BCUT2D eigenvalue weighted by atomic mass is 9.98. The fraction of sp³-hybridized carbons (Fsp3) is 0.409. The lowest BCUT2D eigenvalue weighted by Gasteiger charge is -2.38. The van der Waals surface area contributed by atoms with Gasteiger partial charge in [-0.15, -0.1) is 0 Å². The summed E-state index contributed by atoms with van der Waals surface area (Å²) in [6, 6.07) is 20.5. The number of morpholine rings is 1. The Morgan fingerprint density at radius 2 is 1.63 bits per heavy atom. The summed E-state index contributed by atoms with van der Waals surface area (Å²) in [5.74, 6) is -0.0298. The maximum Gasteiger partial charge on any atom is 0.251 e. The zero-order valence-corrected chi connectivity index (χ0v) is 15.9. The van der Waals surface area contributed by atoms with Crippen molar-refractivity contribution >= 4 is 5.91 Å². The van der Waals surface area contributed by atoms with Gasteiger partial charge in [0.15, 0.2) is 0 Å². The first kappa shape index (κ1) is 19.5. The molecule has 5 nitrogen and oxygen atoms in total. The summed E-state index contributed by atoms with van der Waals surface area (Å²) in [6.45, 7) is 6.99. The van der Waals surface area contributed by atoms with Gasteiger partial charge in [0.05, 0.1) is 19.3 Å². The molecule has 5 heteroatoms. The summed E-state index contributed by atoms with van der Waals surface area (Å²) >= 11 is 0. The van der Waals surface area contributed by atoms with E-state index in [0.29, 0.717) is 18.2 Å². The largest absolute Gasteiger partial charge is 0.379 e. The van der Waals surface area contributed by atoms with Crippen LogP contribution >= 0.6 is 0 Å². The first-order valence-corrected chi connectivity index (χ1v) is 9.69. The molecule has 1 heterocycles. The highest BCUT2D eigenvalue weighted by atomic mass is 16.5. The summed E-state index contributed by atoms with van der Waals surface area (Å²) in [7, 11) is 0. The number of benzene rings is 2. The van der Waals surface area contributed by atoms with Gasteiger partial charge in [-0.25, -0.2) is 0 Å². The third-order valence-electron chi connectivity index (χ3n) is 4.97. The third-order valence-corrected chi connectivity index (χ3v) is 4.97. The van der Waals surface area contributed by atoms with Gasteiger partial charge in [-0.2, -0.15) is 0 Å². The molecule has 0 bridgehead atoms. The number of rotatable bonds is 8. The Morgan fingerprint density at radius 3 is 2.30 bits per heavy atom. The molecule has 2 N–H and O–H groups in total. The number of hydrogen-bond acceptors (Lipinski definition) is 4. The van der Waals surface area contributed by atoms with Crippen molar-refractivity contribution in [2.45, 2.75) is 19.0 Å². The van der Waals surface area contributed by atoms with E-state index in [-0.39, 0.29) is 11.9 Å². The third kappa shape index (κ3) is 5.63. The Morgan fingerprint density at radius 1 is 1.00 bits per heavy atom. The van der Waals surface area contributed by atoms with Crippen LogP contribution in [0.3, 0.4) is 0 Å². The van der Waals surface area contributed by atoms with Gasteiger partial charge in [-0.05, 0) is 24.6 Å². The van der Waals surface area contributed by atoms with E-state index >= 15 is 0 Å². The van der Waals surface area contributed by atoms with Gasteiger partial charge in [0, 0.05) is 37.8 Å². The molecule has 1 aliphatic rings. The Bertz CT molecular complexity index is 687. The van der Waals surface area contributed by atoms with E-state index in [1.165, 1.54) is 5.56 Å². The smallest absolute Gasteiger partial charge is 0.251 e. The van der Waals surface area contributed by atoms with Gasteiger partial charge in [-0.1, -0.05) is 48.5 Å². The van der Waals surface area contributed by atoms with Crippen LogP contribution in [0.4, 0.5) is 0 Å². The van der Waals surface area contributed by atoms with Crippen molar-refractivity contribution in [2.75, 3.05) is 39.4 Å². The van der Waals surface area contributed by atoms with Crippen LogP contribution in [0.2, 0.25) is 0 Å². The zero-order valence-electron chi connectivity index (χ0n) is 15.9. The van der Waals surface area contributed by atoms with Crippen LogP contribution in [0.15, 0.2) is 60.7 Å². The Kier molecular flexibility index (Phi) is 7.39. The number of amides is 1. The highest BCUT2D eigenvalue weighted by Gasteiger charge is 2.27. The summed E-state index contributed by atoms with van der Waals surface area (Å²) in [5, 5.41) is 6.57. The van der Waals surface area contributed by atoms with Gasteiger partial charge in [-0.3, -0.25) is 9.69 Å². The Balaban J connectivity index is 1.53. The SMILES string of the molecule is C[C@@H](NCCNC(=O)c1ccccc1)[C@@H](c1ccccc1)N1CCOCC1. The average Bonchev–Trinajstić information content (AvgIpc) is 2.73. The molecule has 1 aliphatic heterocycles. The predicted octanol–water partition coefficient (Wildman–Crippen LogP) is 2.47. The minimum atomic E-state index is -0.0298. The van der Waals surface area contributed by atoms with E-state index < -0.39 is 0 Å². The molecule has 2 aromatic carbocycles.